The van der Waals surface area contributed by atoms with Gasteiger partial charge in [0, 0.05) is 24.8 Å². The lowest BCUT2D eigenvalue weighted by Crippen LogP contribution is -2.40. The predicted molar refractivity (Wildman–Crippen MR) is 94.0 cm³/mol. The third-order valence-corrected chi connectivity index (χ3v) is 4.73. The highest BCUT2D eigenvalue weighted by atomic mass is 31.0. The minimum Gasteiger partial charge on any atom is -0.395 e. The first kappa shape index (κ1) is 17.1. The smallest absolute Gasteiger partial charge is 0.0558 e. The van der Waals surface area contributed by atoms with Crippen molar-refractivity contribution in [3.63, 3.8) is 0 Å². The number of rotatable bonds is 8. The Morgan fingerprint density at radius 1 is 0.773 bits per heavy atom. The number of benzene rings is 2. The molecule has 0 saturated heterocycles. The molecule has 0 heterocycles. The molecule has 1 atom stereocenters. The third-order valence-electron chi connectivity index (χ3n) is 3.88. The molecule has 2 rings (SSSR count). The molecule has 0 saturated carbocycles. The predicted octanol–water partition coefficient (Wildman–Crippen LogP) is 2.09. The quantitative estimate of drug-likeness (QED) is 0.733. The van der Waals surface area contributed by atoms with Crippen molar-refractivity contribution in [2.75, 3.05) is 32.8 Å². The molecular weight excluding hydrogens is 293 g/mol. The van der Waals surface area contributed by atoms with Gasteiger partial charge in [0.25, 0.3) is 0 Å². The Balaban J connectivity index is 2.37. The molecule has 3 nitrogen and oxygen atoms in total. The number of nitrogens with zero attached hydrogens (tertiary/aromatic N) is 1. The van der Waals surface area contributed by atoms with Crippen LogP contribution in [0.4, 0.5) is 0 Å². The second-order valence-electron chi connectivity index (χ2n) is 5.43. The van der Waals surface area contributed by atoms with Gasteiger partial charge in [-0.05, 0) is 11.1 Å². The van der Waals surface area contributed by atoms with E-state index in [0.29, 0.717) is 19.6 Å². The first-order valence-corrected chi connectivity index (χ1v) is 8.12. The van der Waals surface area contributed by atoms with Gasteiger partial charge in [0.2, 0.25) is 0 Å². The van der Waals surface area contributed by atoms with E-state index in [4.69, 9.17) is 0 Å². The molecule has 0 aliphatic heterocycles. The van der Waals surface area contributed by atoms with Crippen molar-refractivity contribution in [3.05, 3.63) is 71.8 Å². The van der Waals surface area contributed by atoms with Gasteiger partial charge in [-0.25, -0.2) is 0 Å². The number of hydrogen-bond donors (Lipinski definition) is 2. The second kappa shape index (κ2) is 8.40. The molecule has 0 aromatic heterocycles. The van der Waals surface area contributed by atoms with Crippen molar-refractivity contribution < 1.29 is 10.2 Å². The highest BCUT2D eigenvalue weighted by Gasteiger charge is 2.31. The van der Waals surface area contributed by atoms with Crippen LogP contribution in [0.25, 0.3) is 0 Å². The fourth-order valence-electron chi connectivity index (χ4n) is 2.73. The van der Waals surface area contributed by atoms with Gasteiger partial charge >= 0.3 is 0 Å². The Labute approximate surface area is 134 Å². The van der Waals surface area contributed by atoms with E-state index in [2.05, 4.69) is 38.4 Å². The summed E-state index contributed by atoms with van der Waals surface area (Å²) in [5, 5.41) is 18.3. The fraction of sp³-hybridized carbons (Fsp3) is 0.333. The zero-order valence-corrected chi connectivity index (χ0v) is 13.9. The third kappa shape index (κ3) is 4.15. The lowest BCUT2D eigenvalue weighted by molar-refractivity contribution is 0.154. The summed E-state index contributed by atoms with van der Waals surface area (Å²) in [6.45, 7) is 1.99. The molecule has 2 N–H and O–H groups in total. The molecule has 22 heavy (non-hydrogen) atoms. The van der Waals surface area contributed by atoms with Gasteiger partial charge in [-0.3, -0.25) is 4.90 Å². The van der Waals surface area contributed by atoms with Gasteiger partial charge in [0.05, 0.1) is 13.2 Å². The first-order valence-electron chi connectivity index (χ1n) is 7.54. The van der Waals surface area contributed by atoms with Crippen molar-refractivity contribution in [3.8, 4) is 0 Å². The van der Waals surface area contributed by atoms with E-state index in [-0.39, 0.29) is 18.4 Å². The van der Waals surface area contributed by atoms with Gasteiger partial charge in [0.1, 0.15) is 0 Å². The Kier molecular flexibility index (Phi) is 6.53. The highest BCUT2D eigenvalue weighted by molar-refractivity contribution is 7.19. The summed E-state index contributed by atoms with van der Waals surface area (Å²) in [6.07, 6.45) is 0. The highest BCUT2D eigenvalue weighted by Crippen LogP contribution is 2.39. The van der Waals surface area contributed by atoms with Crippen LogP contribution in [0, 0.1) is 0 Å². The molecule has 0 aliphatic carbocycles. The lowest BCUT2D eigenvalue weighted by Gasteiger charge is -2.36. The van der Waals surface area contributed by atoms with Crippen LogP contribution < -0.4 is 0 Å². The van der Waals surface area contributed by atoms with Crippen LogP contribution in [0.1, 0.15) is 11.1 Å². The maximum absolute atomic E-state index is 9.27. The zero-order chi connectivity index (χ0) is 15.8. The zero-order valence-electron chi connectivity index (χ0n) is 12.7. The summed E-state index contributed by atoms with van der Waals surface area (Å²) in [7, 11) is 2.98. The first-order chi connectivity index (χ1) is 10.7. The van der Waals surface area contributed by atoms with Crippen LogP contribution in [-0.2, 0) is 5.16 Å². The van der Waals surface area contributed by atoms with Crippen LogP contribution in [0.15, 0.2) is 60.7 Å². The Morgan fingerprint density at radius 2 is 1.18 bits per heavy atom. The molecule has 4 heteroatoms. The van der Waals surface area contributed by atoms with Crippen LogP contribution in [0.2, 0.25) is 0 Å². The Bertz CT molecular complexity index is 502. The average Bonchev–Trinajstić information content (AvgIpc) is 2.57. The van der Waals surface area contributed by atoms with E-state index in [9.17, 15) is 10.2 Å². The van der Waals surface area contributed by atoms with Gasteiger partial charge in [-0.15, -0.1) is 9.24 Å². The summed E-state index contributed by atoms with van der Waals surface area (Å²) in [5.74, 6) is 0. The van der Waals surface area contributed by atoms with Gasteiger partial charge < -0.3 is 10.2 Å². The van der Waals surface area contributed by atoms with Gasteiger partial charge in [0.15, 0.2) is 0 Å². The SMILES string of the molecule is OCCN(CCO)CC(P)(c1ccccc1)c1ccccc1. The molecule has 118 valence electrons. The lowest BCUT2D eigenvalue weighted by atomic mass is 9.89. The van der Waals surface area contributed by atoms with Crippen LogP contribution in [0.5, 0.6) is 0 Å². The molecular formula is C18H24NO2P. The Hall–Kier alpha value is -1.25. The monoisotopic (exact) mass is 317 g/mol. The van der Waals surface area contributed by atoms with E-state index in [0.717, 1.165) is 0 Å². The minimum absolute atomic E-state index is 0.0876. The summed E-state index contributed by atoms with van der Waals surface area (Å²) in [5.41, 5.74) is 2.40. The molecule has 0 bridgehead atoms. The molecule has 2 aromatic rings. The molecule has 0 radical (unpaired) electrons. The van der Waals surface area contributed by atoms with Crippen molar-refractivity contribution in [1.29, 1.82) is 0 Å². The van der Waals surface area contributed by atoms with E-state index < -0.39 is 0 Å². The maximum Gasteiger partial charge on any atom is 0.0558 e. The minimum atomic E-state index is -0.271. The average molecular weight is 317 g/mol. The molecule has 2 aromatic carbocycles. The topological polar surface area (TPSA) is 43.7 Å². The van der Waals surface area contributed by atoms with Crippen LogP contribution >= 0.6 is 9.24 Å². The van der Waals surface area contributed by atoms with Crippen molar-refractivity contribution in [1.82, 2.24) is 4.90 Å². The number of hydrogen-bond acceptors (Lipinski definition) is 3. The van der Waals surface area contributed by atoms with Crippen molar-refractivity contribution >= 4 is 9.24 Å². The van der Waals surface area contributed by atoms with Crippen LogP contribution in [-0.4, -0.2) is 48.0 Å². The summed E-state index contributed by atoms with van der Waals surface area (Å²) in [4.78, 5) is 2.09. The Morgan fingerprint density at radius 3 is 1.55 bits per heavy atom. The van der Waals surface area contributed by atoms with Crippen molar-refractivity contribution in [2.45, 2.75) is 5.16 Å². The fourth-order valence-corrected chi connectivity index (χ4v) is 3.37. The largest absolute Gasteiger partial charge is 0.395 e. The standard InChI is InChI=1S/C18H24NO2P/c20-13-11-19(12-14-21)15-18(22,16-7-3-1-4-8-16)17-9-5-2-6-10-17/h1-10,20-21H,11-15,22H2. The molecule has 0 fully saturated rings. The normalized spacial score (nSPS) is 11.8. The van der Waals surface area contributed by atoms with E-state index in [1.807, 2.05) is 36.4 Å². The van der Waals surface area contributed by atoms with E-state index in [1.165, 1.54) is 11.1 Å². The van der Waals surface area contributed by atoms with Crippen LogP contribution in [0.3, 0.4) is 0 Å². The van der Waals surface area contributed by atoms with Crippen molar-refractivity contribution in [2.24, 2.45) is 0 Å². The van der Waals surface area contributed by atoms with Gasteiger partial charge in [-0.1, -0.05) is 60.7 Å². The molecule has 0 amide bonds. The summed E-state index contributed by atoms with van der Waals surface area (Å²) < 4.78 is 0. The number of aliphatic hydroxyl groups excluding tert-OH is 2. The number of aliphatic hydroxyl groups is 2. The van der Waals surface area contributed by atoms with E-state index >= 15 is 0 Å². The van der Waals surface area contributed by atoms with E-state index in [1.54, 1.807) is 0 Å². The summed E-state index contributed by atoms with van der Waals surface area (Å²) in [6, 6.07) is 20.7. The van der Waals surface area contributed by atoms with Gasteiger partial charge in [-0.2, -0.15) is 0 Å². The summed E-state index contributed by atoms with van der Waals surface area (Å²) >= 11 is 0. The molecule has 0 spiro atoms. The molecule has 1 unspecified atom stereocenters. The maximum atomic E-state index is 9.27. The molecule has 0 aliphatic rings. The second-order valence-corrected chi connectivity index (χ2v) is 6.41.